The Morgan fingerprint density at radius 2 is 1.30 bits per heavy atom. The maximum atomic E-state index is 14.2. The summed E-state index contributed by atoms with van der Waals surface area (Å²) in [7, 11) is -3.85. The molecule has 8 nitrogen and oxygen atoms in total. The molecule has 0 heterocycles. The molecule has 43 heavy (non-hydrogen) atoms. The Bertz CT molecular complexity index is 1410. The largest absolute Gasteiger partial charge is 0.480 e. The van der Waals surface area contributed by atoms with E-state index in [1.165, 1.54) is 0 Å². The summed E-state index contributed by atoms with van der Waals surface area (Å²) in [6.07, 6.45) is -0.876. The molecule has 1 aliphatic carbocycles. The van der Waals surface area contributed by atoms with Crippen molar-refractivity contribution >= 4 is 19.7 Å². The normalized spacial score (nSPS) is 14.8. The van der Waals surface area contributed by atoms with Crippen LogP contribution in [0.5, 0.6) is 0 Å². The zero-order chi connectivity index (χ0) is 31.4. The van der Waals surface area contributed by atoms with Crippen molar-refractivity contribution in [3.63, 3.8) is 0 Å². The Kier molecular flexibility index (Phi) is 9.85. The van der Waals surface area contributed by atoms with Gasteiger partial charge in [0.05, 0.1) is 17.4 Å². The third kappa shape index (κ3) is 8.79. The number of carboxylic acids is 1. The number of fused-ring (bicyclic) bond motifs is 3. The third-order valence-electron chi connectivity index (χ3n) is 6.98. The average molecular weight is 608 g/mol. The zero-order valence-electron chi connectivity index (χ0n) is 25.7. The molecule has 0 spiro atoms. The van der Waals surface area contributed by atoms with Gasteiger partial charge in [0.15, 0.2) is 0 Å². The van der Waals surface area contributed by atoms with Crippen molar-refractivity contribution in [3.8, 4) is 11.1 Å². The van der Waals surface area contributed by atoms with Crippen LogP contribution in [0.15, 0.2) is 78.9 Å². The second-order valence-electron chi connectivity index (χ2n) is 12.9. The van der Waals surface area contributed by atoms with E-state index in [4.69, 9.17) is 13.8 Å². The molecule has 1 aliphatic rings. The molecule has 4 rings (SSSR count). The van der Waals surface area contributed by atoms with E-state index >= 15 is 0 Å². The van der Waals surface area contributed by atoms with E-state index in [-0.39, 0.29) is 25.1 Å². The highest BCUT2D eigenvalue weighted by atomic mass is 31.2. The van der Waals surface area contributed by atoms with Crippen molar-refractivity contribution in [1.29, 1.82) is 0 Å². The summed E-state index contributed by atoms with van der Waals surface area (Å²) in [6.45, 7) is 10.6. The Morgan fingerprint density at radius 1 is 0.814 bits per heavy atom. The number of hydrogen-bond acceptors (Lipinski definition) is 6. The molecule has 0 aliphatic heterocycles. The minimum atomic E-state index is -3.85. The Balaban J connectivity index is 1.57. The van der Waals surface area contributed by atoms with Crippen LogP contribution in [0, 0.1) is 5.92 Å². The van der Waals surface area contributed by atoms with Gasteiger partial charge in [0.2, 0.25) is 0 Å². The summed E-state index contributed by atoms with van der Waals surface area (Å²) in [5.41, 5.74) is 3.46. The Hall–Kier alpha value is -3.45. The van der Waals surface area contributed by atoms with E-state index in [1.54, 1.807) is 41.5 Å². The van der Waals surface area contributed by atoms with E-state index in [0.717, 1.165) is 27.8 Å². The number of carbonyl (C=O) groups excluding carboxylic acids is 1. The maximum absolute atomic E-state index is 14.2. The van der Waals surface area contributed by atoms with Crippen molar-refractivity contribution in [1.82, 2.24) is 5.32 Å². The summed E-state index contributed by atoms with van der Waals surface area (Å²) < 4.78 is 31.8. The molecule has 0 bridgehead atoms. The Morgan fingerprint density at radius 3 is 1.79 bits per heavy atom. The fraction of sp³-hybridized carbons (Fsp3) is 0.412. The fourth-order valence-corrected chi connectivity index (χ4v) is 8.34. The first-order chi connectivity index (χ1) is 20.1. The van der Waals surface area contributed by atoms with Gasteiger partial charge in [-0.1, -0.05) is 78.9 Å². The van der Waals surface area contributed by atoms with Gasteiger partial charge in [-0.3, -0.25) is 4.57 Å². The minimum Gasteiger partial charge on any atom is -0.480 e. The monoisotopic (exact) mass is 607 g/mol. The molecule has 230 valence electrons. The predicted molar refractivity (Wildman–Crippen MR) is 167 cm³/mol. The molecule has 0 radical (unpaired) electrons. The minimum absolute atomic E-state index is 0.0360. The van der Waals surface area contributed by atoms with E-state index in [2.05, 4.69) is 5.32 Å². The standard InChI is InChI=1S/C34H42NO7P/c1-33(2,3)41-43(39,42-34(4,5)6)22-24(20-23-14-8-7-9-15-23)30(31(36)37)35-32(38)40-21-29-27-18-12-10-16-25(27)26-17-11-13-19-28(26)29/h7-19,24,29-30H,20-22H2,1-6H3,(H,35,38)(H,36,37)/t24-,30-/m0/s1. The number of amides is 1. The number of rotatable bonds is 11. The highest BCUT2D eigenvalue weighted by Gasteiger charge is 2.42. The van der Waals surface area contributed by atoms with Gasteiger partial charge in [0.1, 0.15) is 12.6 Å². The molecule has 0 saturated heterocycles. The van der Waals surface area contributed by atoms with Crippen LogP contribution in [0.25, 0.3) is 11.1 Å². The first-order valence-electron chi connectivity index (χ1n) is 14.5. The second-order valence-corrected chi connectivity index (χ2v) is 14.9. The third-order valence-corrected chi connectivity index (χ3v) is 9.55. The lowest BCUT2D eigenvalue weighted by molar-refractivity contribution is -0.140. The molecule has 3 aromatic carbocycles. The summed E-state index contributed by atoms with van der Waals surface area (Å²) in [4.78, 5) is 25.9. The predicted octanol–water partition coefficient (Wildman–Crippen LogP) is 7.66. The van der Waals surface area contributed by atoms with Crippen LogP contribution in [0.4, 0.5) is 4.79 Å². The van der Waals surface area contributed by atoms with Gasteiger partial charge in [0, 0.05) is 11.8 Å². The zero-order valence-corrected chi connectivity index (χ0v) is 26.6. The van der Waals surface area contributed by atoms with Crippen molar-refractivity contribution in [3.05, 3.63) is 95.6 Å². The topological polar surface area (TPSA) is 111 Å². The molecule has 0 saturated carbocycles. The number of carboxylic acid groups (broad SMARTS) is 1. The van der Waals surface area contributed by atoms with Crippen molar-refractivity contribution in [2.24, 2.45) is 5.92 Å². The number of benzene rings is 3. The van der Waals surface area contributed by atoms with Crippen LogP contribution in [-0.4, -0.2) is 47.2 Å². The number of carbonyl (C=O) groups is 2. The second kappa shape index (κ2) is 13.0. The Labute approximate surface area is 254 Å². The van der Waals surface area contributed by atoms with E-state index in [0.29, 0.717) is 0 Å². The maximum Gasteiger partial charge on any atom is 0.407 e. The highest BCUT2D eigenvalue weighted by molar-refractivity contribution is 7.53. The van der Waals surface area contributed by atoms with E-state index in [1.807, 2.05) is 78.9 Å². The van der Waals surface area contributed by atoms with Gasteiger partial charge in [-0.2, -0.15) is 0 Å². The van der Waals surface area contributed by atoms with Gasteiger partial charge in [-0.25, -0.2) is 9.59 Å². The first kappa shape index (κ1) is 32.5. The fourth-order valence-electron chi connectivity index (χ4n) is 5.57. The summed E-state index contributed by atoms with van der Waals surface area (Å²) in [5.74, 6) is -2.29. The molecule has 0 aromatic heterocycles. The van der Waals surface area contributed by atoms with Gasteiger partial charge in [-0.15, -0.1) is 0 Å². The average Bonchev–Trinajstić information content (AvgIpc) is 3.22. The van der Waals surface area contributed by atoms with Gasteiger partial charge < -0.3 is 24.2 Å². The van der Waals surface area contributed by atoms with Crippen LogP contribution in [0.3, 0.4) is 0 Å². The number of aliphatic carboxylic acids is 1. The van der Waals surface area contributed by atoms with E-state index < -0.39 is 42.8 Å². The van der Waals surface area contributed by atoms with Crippen LogP contribution < -0.4 is 5.32 Å². The molecule has 9 heteroatoms. The lowest BCUT2D eigenvalue weighted by Gasteiger charge is -2.35. The number of alkyl carbamates (subject to hydrolysis) is 1. The highest BCUT2D eigenvalue weighted by Crippen LogP contribution is 2.56. The van der Waals surface area contributed by atoms with Crippen molar-refractivity contribution in [2.75, 3.05) is 12.8 Å². The van der Waals surface area contributed by atoms with Gasteiger partial charge >= 0.3 is 19.7 Å². The molecule has 0 fully saturated rings. The van der Waals surface area contributed by atoms with Crippen molar-refractivity contribution < 1.29 is 33.0 Å². The first-order valence-corrected chi connectivity index (χ1v) is 16.3. The smallest absolute Gasteiger partial charge is 0.407 e. The number of ether oxygens (including phenoxy) is 1. The molecular formula is C34H42NO7P. The summed E-state index contributed by atoms with van der Waals surface area (Å²) in [6, 6.07) is 23.8. The number of nitrogens with one attached hydrogen (secondary N) is 1. The lowest BCUT2D eigenvalue weighted by atomic mass is 9.93. The number of hydrogen-bond donors (Lipinski definition) is 2. The molecular weight excluding hydrogens is 565 g/mol. The molecule has 3 aromatic rings. The van der Waals surface area contributed by atoms with Crippen LogP contribution >= 0.6 is 7.60 Å². The summed E-state index contributed by atoms with van der Waals surface area (Å²) >= 11 is 0. The molecule has 2 N–H and O–H groups in total. The van der Waals surface area contributed by atoms with Crippen LogP contribution in [0.1, 0.15) is 64.2 Å². The lowest BCUT2D eigenvalue weighted by Crippen LogP contribution is -2.48. The summed E-state index contributed by atoms with van der Waals surface area (Å²) in [5, 5.41) is 12.9. The van der Waals surface area contributed by atoms with Gasteiger partial charge in [-0.05, 0) is 75.8 Å². The van der Waals surface area contributed by atoms with Crippen LogP contribution in [-0.2, 0) is 29.6 Å². The SMILES string of the molecule is CC(C)(C)OP(=O)(C[C@H](Cc1ccccc1)[C@H](NC(=O)OCC1c2ccccc2-c2ccccc21)C(=O)O)OC(C)(C)C. The van der Waals surface area contributed by atoms with Crippen molar-refractivity contribution in [2.45, 2.75) is 71.1 Å². The van der Waals surface area contributed by atoms with E-state index in [9.17, 15) is 19.3 Å². The quantitative estimate of drug-likeness (QED) is 0.215. The molecule has 0 unspecified atom stereocenters. The van der Waals surface area contributed by atoms with Gasteiger partial charge in [0.25, 0.3) is 0 Å². The van der Waals surface area contributed by atoms with Crippen LogP contribution in [0.2, 0.25) is 0 Å². The molecule has 2 atom stereocenters. The molecule has 1 amide bonds.